The molecule has 0 radical (unpaired) electrons. The average molecular weight is 357 g/mol. The van der Waals surface area contributed by atoms with Crippen LogP contribution in [0.2, 0.25) is 10.0 Å². The molecule has 1 heterocycles. The van der Waals surface area contributed by atoms with Gasteiger partial charge in [-0.1, -0.05) is 23.2 Å². The second kappa shape index (κ2) is 8.60. The molecule has 0 saturated carbocycles. The molecule has 0 aliphatic carbocycles. The van der Waals surface area contributed by atoms with Gasteiger partial charge in [0.05, 0.1) is 16.0 Å². The molecule has 1 saturated heterocycles. The number of hydrogen-bond acceptors (Lipinski definition) is 2. The number of carbonyl (C=O) groups excluding carboxylic acids is 1. The lowest BCUT2D eigenvalue weighted by Crippen LogP contribution is -2.35. The Morgan fingerprint density at radius 2 is 1.82 bits per heavy atom. The Hall–Kier alpha value is -0.980. The molecule has 0 unspecified atom stereocenters. The maximum absolute atomic E-state index is 11.9. The summed E-state index contributed by atoms with van der Waals surface area (Å²) in [6, 6.07) is 4.93. The van der Waals surface area contributed by atoms with E-state index in [1.165, 1.54) is 6.92 Å². The molecule has 1 aromatic carbocycles. The number of anilines is 1. The Bertz CT molecular complexity index is 503. The lowest BCUT2D eigenvalue weighted by molar-refractivity contribution is -0.180. The smallest absolute Gasteiger partial charge is 0.326 e. The van der Waals surface area contributed by atoms with Crippen LogP contribution in [-0.4, -0.2) is 25.2 Å². The van der Waals surface area contributed by atoms with Crippen LogP contribution < -0.4 is 10.6 Å². The zero-order valence-corrected chi connectivity index (χ0v) is 13.4. The van der Waals surface area contributed by atoms with E-state index in [-0.39, 0.29) is 18.7 Å². The summed E-state index contributed by atoms with van der Waals surface area (Å²) in [7, 11) is 0. The first kappa shape index (κ1) is 19.1. The minimum absolute atomic E-state index is 0.131. The first-order chi connectivity index (χ1) is 10.2. The fourth-order valence-corrected chi connectivity index (χ4v) is 2.22. The van der Waals surface area contributed by atoms with E-state index in [0.717, 1.165) is 0 Å². The molecule has 3 nitrogen and oxygen atoms in total. The van der Waals surface area contributed by atoms with E-state index < -0.39 is 12.1 Å². The molecule has 0 spiro atoms. The molecular weight excluding hydrogens is 340 g/mol. The zero-order chi connectivity index (χ0) is 16.8. The molecule has 0 atom stereocenters. The predicted octanol–water partition coefficient (Wildman–Crippen LogP) is 4.50. The summed E-state index contributed by atoms with van der Waals surface area (Å²) in [5.41, 5.74) is 0.650. The van der Waals surface area contributed by atoms with Crippen LogP contribution in [0, 0.1) is 5.92 Å². The number of halogens is 5. The molecule has 1 fully saturated rings. The maximum atomic E-state index is 11.9. The second-order valence-corrected chi connectivity index (χ2v) is 5.69. The fraction of sp³-hybridized carbons (Fsp3) is 0.500. The van der Waals surface area contributed by atoms with E-state index in [1.54, 1.807) is 18.2 Å². The molecule has 124 valence electrons. The van der Waals surface area contributed by atoms with Gasteiger partial charge in [-0.05, 0) is 44.1 Å². The molecule has 2 rings (SSSR count). The Balaban J connectivity index is 0.000000224. The van der Waals surface area contributed by atoms with Crippen LogP contribution in [-0.2, 0) is 4.79 Å². The zero-order valence-electron chi connectivity index (χ0n) is 11.9. The summed E-state index contributed by atoms with van der Waals surface area (Å²) >= 11 is 11.4. The van der Waals surface area contributed by atoms with Gasteiger partial charge in [0.1, 0.15) is 0 Å². The molecule has 1 aliphatic heterocycles. The lowest BCUT2D eigenvalue weighted by Gasteiger charge is -2.24. The largest absolute Gasteiger partial charge is 0.391 e. The molecule has 22 heavy (non-hydrogen) atoms. The highest BCUT2D eigenvalue weighted by molar-refractivity contribution is 6.42. The lowest BCUT2D eigenvalue weighted by atomic mass is 9.98. The summed E-state index contributed by atoms with van der Waals surface area (Å²) in [5.74, 6) is -1.19. The van der Waals surface area contributed by atoms with Crippen molar-refractivity contribution in [3.8, 4) is 0 Å². The number of piperidine rings is 1. The number of benzene rings is 1. The Morgan fingerprint density at radius 1 is 1.23 bits per heavy atom. The molecule has 0 bridgehead atoms. The molecule has 1 aromatic rings. The van der Waals surface area contributed by atoms with Crippen LogP contribution in [0.5, 0.6) is 0 Å². The van der Waals surface area contributed by atoms with Crippen molar-refractivity contribution in [3.05, 3.63) is 28.2 Å². The van der Waals surface area contributed by atoms with Gasteiger partial charge >= 0.3 is 6.18 Å². The molecular formula is C14H17Cl2F3N2O. The van der Waals surface area contributed by atoms with Crippen molar-refractivity contribution in [1.82, 2.24) is 5.32 Å². The summed E-state index contributed by atoms with van der Waals surface area (Å²) < 4.78 is 35.7. The summed E-state index contributed by atoms with van der Waals surface area (Å²) in [6.07, 6.45) is -3.49. The highest BCUT2D eigenvalue weighted by atomic mass is 35.5. The van der Waals surface area contributed by atoms with Crippen LogP contribution in [0.15, 0.2) is 18.2 Å². The first-order valence-electron chi connectivity index (χ1n) is 6.70. The second-order valence-electron chi connectivity index (χ2n) is 4.88. The van der Waals surface area contributed by atoms with Crippen LogP contribution in [0.4, 0.5) is 18.9 Å². The molecule has 0 aromatic heterocycles. The minimum Gasteiger partial charge on any atom is -0.326 e. The van der Waals surface area contributed by atoms with Crippen LogP contribution in [0.3, 0.4) is 0 Å². The Morgan fingerprint density at radius 3 is 2.23 bits per heavy atom. The molecule has 1 aliphatic rings. The van der Waals surface area contributed by atoms with E-state index >= 15 is 0 Å². The molecule has 8 heteroatoms. The maximum Gasteiger partial charge on any atom is 0.391 e. The third-order valence-electron chi connectivity index (χ3n) is 3.04. The first-order valence-corrected chi connectivity index (χ1v) is 7.46. The summed E-state index contributed by atoms with van der Waals surface area (Å²) in [6.45, 7) is 2.44. The number of nitrogens with one attached hydrogen (secondary N) is 2. The predicted molar refractivity (Wildman–Crippen MR) is 82.4 cm³/mol. The monoisotopic (exact) mass is 356 g/mol. The van der Waals surface area contributed by atoms with Crippen molar-refractivity contribution < 1.29 is 18.0 Å². The van der Waals surface area contributed by atoms with E-state index in [0.29, 0.717) is 28.8 Å². The standard InChI is InChI=1S/C8H7Cl2NO.C6H10F3N/c1-5(12)11-6-2-3-7(9)8(10)4-6;7-6(8,9)5-1-3-10-4-2-5/h2-4H,1H3,(H,11,12);5,10H,1-4H2. The van der Waals surface area contributed by atoms with Crippen molar-refractivity contribution in [2.24, 2.45) is 5.92 Å². The highest BCUT2D eigenvalue weighted by Gasteiger charge is 2.39. The van der Waals surface area contributed by atoms with E-state index in [2.05, 4.69) is 10.6 Å². The van der Waals surface area contributed by atoms with Crippen molar-refractivity contribution in [1.29, 1.82) is 0 Å². The number of amides is 1. The van der Waals surface area contributed by atoms with Crippen molar-refractivity contribution in [2.75, 3.05) is 18.4 Å². The topological polar surface area (TPSA) is 41.1 Å². The summed E-state index contributed by atoms with van der Waals surface area (Å²) in [5, 5.41) is 6.39. The van der Waals surface area contributed by atoms with Gasteiger partial charge in [-0.15, -0.1) is 0 Å². The average Bonchev–Trinajstić information content (AvgIpc) is 2.43. The van der Waals surface area contributed by atoms with Crippen LogP contribution >= 0.6 is 23.2 Å². The van der Waals surface area contributed by atoms with Gasteiger partial charge in [-0.25, -0.2) is 0 Å². The minimum atomic E-state index is -3.97. The number of hydrogen-bond donors (Lipinski definition) is 2. The van der Waals surface area contributed by atoms with E-state index in [9.17, 15) is 18.0 Å². The fourth-order valence-electron chi connectivity index (χ4n) is 1.93. The SMILES string of the molecule is CC(=O)Nc1ccc(Cl)c(Cl)c1.FC(F)(F)C1CCNCC1. The van der Waals surface area contributed by atoms with Gasteiger partial charge in [0.15, 0.2) is 0 Å². The van der Waals surface area contributed by atoms with Crippen molar-refractivity contribution >= 4 is 34.8 Å². The Kier molecular flexibility index (Phi) is 7.45. The highest BCUT2D eigenvalue weighted by Crippen LogP contribution is 2.32. The Labute approximate surface area is 137 Å². The third kappa shape index (κ3) is 6.85. The van der Waals surface area contributed by atoms with Gasteiger partial charge < -0.3 is 10.6 Å². The number of rotatable bonds is 1. The number of carbonyl (C=O) groups is 1. The normalized spacial score (nSPS) is 15.7. The van der Waals surface area contributed by atoms with E-state index in [1.807, 2.05) is 0 Å². The van der Waals surface area contributed by atoms with Gasteiger partial charge in [-0.2, -0.15) is 13.2 Å². The van der Waals surface area contributed by atoms with Gasteiger partial charge in [0, 0.05) is 12.6 Å². The summed E-state index contributed by atoms with van der Waals surface area (Å²) in [4.78, 5) is 10.6. The van der Waals surface area contributed by atoms with Crippen LogP contribution in [0.1, 0.15) is 19.8 Å². The van der Waals surface area contributed by atoms with Crippen LogP contribution in [0.25, 0.3) is 0 Å². The van der Waals surface area contributed by atoms with E-state index in [4.69, 9.17) is 23.2 Å². The third-order valence-corrected chi connectivity index (χ3v) is 3.78. The van der Waals surface area contributed by atoms with Gasteiger partial charge in [0.2, 0.25) is 5.91 Å². The van der Waals surface area contributed by atoms with Crippen molar-refractivity contribution in [2.45, 2.75) is 25.9 Å². The quantitative estimate of drug-likeness (QED) is 0.777. The van der Waals surface area contributed by atoms with Gasteiger partial charge in [0.25, 0.3) is 0 Å². The molecule has 2 N–H and O–H groups in total. The number of alkyl halides is 3. The van der Waals surface area contributed by atoms with Gasteiger partial charge in [-0.3, -0.25) is 4.79 Å². The van der Waals surface area contributed by atoms with Crippen molar-refractivity contribution in [3.63, 3.8) is 0 Å². The molecule has 1 amide bonds.